The summed E-state index contributed by atoms with van der Waals surface area (Å²) in [7, 11) is 0. The van der Waals surface area contributed by atoms with E-state index in [4.69, 9.17) is 20.5 Å². The molecular weight excluding hydrogens is 436 g/mol. The van der Waals surface area contributed by atoms with Gasteiger partial charge < -0.3 is 14.3 Å². The number of halogens is 1. The topological polar surface area (TPSA) is 84.4 Å². The zero-order valence-corrected chi connectivity index (χ0v) is 18.0. The molecule has 31 heavy (non-hydrogen) atoms. The number of nitrogens with one attached hydrogen (secondary N) is 1. The molecule has 1 atom stereocenters. The van der Waals surface area contributed by atoms with Crippen molar-refractivity contribution in [2.45, 2.75) is 19.5 Å². The second-order valence-electron chi connectivity index (χ2n) is 7.00. The molecule has 1 aliphatic heterocycles. The van der Waals surface area contributed by atoms with Crippen molar-refractivity contribution in [3.8, 4) is 10.7 Å². The quantitative estimate of drug-likeness (QED) is 0.417. The van der Waals surface area contributed by atoms with Gasteiger partial charge in [-0.25, -0.2) is 4.79 Å². The fourth-order valence-corrected chi connectivity index (χ4v) is 4.33. The minimum Gasteiger partial charge on any atom is -0.467 e. The Hall–Kier alpha value is -3.36. The van der Waals surface area contributed by atoms with Crippen molar-refractivity contribution in [1.29, 1.82) is 0 Å². The fourth-order valence-electron chi connectivity index (χ4n) is 3.55. The Morgan fingerprint density at radius 3 is 2.74 bits per heavy atom. The first-order valence-electron chi connectivity index (χ1n) is 9.55. The number of thiophene rings is 1. The standard InChI is InChI=1S/C22H17ClN4O3S/c1-13-18(21-25-20(26-30-21)17-5-3-11-31-17)19(14-6-8-15(23)9-7-14)24-22(28)27(13)12-16-4-2-10-29-16/h2-11,19H,12H2,1H3,(H,24,28). The highest BCUT2D eigenvalue weighted by atomic mass is 35.5. The number of aromatic nitrogens is 2. The summed E-state index contributed by atoms with van der Waals surface area (Å²) in [6, 6.07) is 14.1. The second-order valence-corrected chi connectivity index (χ2v) is 8.38. The van der Waals surface area contributed by atoms with Crippen molar-refractivity contribution < 1.29 is 13.7 Å². The highest BCUT2D eigenvalue weighted by molar-refractivity contribution is 7.13. The predicted molar refractivity (Wildman–Crippen MR) is 117 cm³/mol. The molecule has 5 rings (SSSR count). The van der Waals surface area contributed by atoms with Crippen LogP contribution in [-0.4, -0.2) is 21.1 Å². The van der Waals surface area contributed by atoms with E-state index in [1.165, 1.54) is 11.3 Å². The molecule has 4 aromatic rings. The molecule has 1 aromatic carbocycles. The second kappa shape index (κ2) is 8.05. The Morgan fingerprint density at radius 1 is 1.19 bits per heavy atom. The van der Waals surface area contributed by atoms with Gasteiger partial charge in [-0.15, -0.1) is 11.3 Å². The summed E-state index contributed by atoms with van der Waals surface area (Å²) in [5.41, 5.74) is 2.30. The van der Waals surface area contributed by atoms with Crippen molar-refractivity contribution in [3.63, 3.8) is 0 Å². The summed E-state index contributed by atoms with van der Waals surface area (Å²) in [4.78, 5) is 20.1. The summed E-state index contributed by atoms with van der Waals surface area (Å²) in [5, 5.41) is 9.78. The molecule has 0 saturated heterocycles. The number of amides is 2. The molecule has 1 aliphatic rings. The minimum atomic E-state index is -0.464. The number of urea groups is 1. The number of hydrogen-bond donors (Lipinski definition) is 1. The van der Waals surface area contributed by atoms with Crippen LogP contribution in [0.3, 0.4) is 0 Å². The molecule has 0 spiro atoms. The van der Waals surface area contributed by atoms with Crippen LogP contribution < -0.4 is 5.32 Å². The molecule has 1 unspecified atom stereocenters. The van der Waals surface area contributed by atoms with Crippen LogP contribution in [0.25, 0.3) is 16.3 Å². The predicted octanol–water partition coefficient (Wildman–Crippen LogP) is 5.74. The molecule has 0 saturated carbocycles. The van der Waals surface area contributed by atoms with E-state index >= 15 is 0 Å². The monoisotopic (exact) mass is 452 g/mol. The van der Waals surface area contributed by atoms with Crippen molar-refractivity contribution in [2.24, 2.45) is 0 Å². The van der Waals surface area contributed by atoms with Gasteiger partial charge >= 0.3 is 6.03 Å². The Bertz CT molecular complexity index is 1230. The molecule has 9 heteroatoms. The van der Waals surface area contributed by atoms with Crippen LogP contribution in [0.15, 0.2) is 74.8 Å². The van der Waals surface area contributed by atoms with Gasteiger partial charge in [-0.3, -0.25) is 4.90 Å². The Kier molecular flexibility index (Phi) is 5.09. The third-order valence-corrected chi connectivity index (χ3v) is 6.21. The summed E-state index contributed by atoms with van der Waals surface area (Å²) in [6.45, 7) is 2.16. The molecule has 0 aliphatic carbocycles. The van der Waals surface area contributed by atoms with E-state index in [0.717, 1.165) is 16.0 Å². The van der Waals surface area contributed by atoms with Crippen LogP contribution >= 0.6 is 22.9 Å². The molecule has 0 bridgehead atoms. The van der Waals surface area contributed by atoms with Gasteiger partial charge in [0.25, 0.3) is 5.89 Å². The number of nitrogens with zero attached hydrogens (tertiary/aromatic N) is 3. The molecule has 7 nitrogen and oxygen atoms in total. The van der Waals surface area contributed by atoms with Crippen LogP contribution in [0.1, 0.15) is 30.2 Å². The maximum absolute atomic E-state index is 13.0. The van der Waals surface area contributed by atoms with Gasteiger partial charge in [-0.1, -0.05) is 35.0 Å². The molecule has 4 heterocycles. The number of carbonyl (C=O) groups is 1. The highest BCUT2D eigenvalue weighted by Gasteiger charge is 2.36. The fraction of sp³-hybridized carbons (Fsp3) is 0.136. The normalized spacial score (nSPS) is 16.6. The SMILES string of the molecule is CC1=C(c2nc(-c3cccs3)no2)C(c2ccc(Cl)cc2)NC(=O)N1Cc1ccco1. The van der Waals surface area contributed by atoms with E-state index in [9.17, 15) is 4.79 Å². The average Bonchev–Trinajstić information content (AvgIpc) is 3.54. The van der Waals surface area contributed by atoms with Crippen LogP contribution in [0, 0.1) is 0 Å². The lowest BCUT2D eigenvalue weighted by Crippen LogP contribution is -2.45. The van der Waals surface area contributed by atoms with E-state index < -0.39 is 6.04 Å². The lowest BCUT2D eigenvalue weighted by molar-refractivity contribution is 0.199. The van der Waals surface area contributed by atoms with Crippen LogP contribution in [0.5, 0.6) is 0 Å². The van der Waals surface area contributed by atoms with Crippen LogP contribution in [0.4, 0.5) is 4.79 Å². The third kappa shape index (κ3) is 3.75. The van der Waals surface area contributed by atoms with Gasteiger partial charge in [0.2, 0.25) is 5.82 Å². The van der Waals surface area contributed by atoms with E-state index in [0.29, 0.717) is 28.2 Å². The third-order valence-electron chi connectivity index (χ3n) is 5.09. The van der Waals surface area contributed by atoms with Gasteiger partial charge in [0.05, 0.1) is 29.3 Å². The van der Waals surface area contributed by atoms with E-state index in [1.807, 2.05) is 42.6 Å². The average molecular weight is 453 g/mol. The summed E-state index contributed by atoms with van der Waals surface area (Å²) in [5.74, 6) is 1.53. The summed E-state index contributed by atoms with van der Waals surface area (Å²) < 4.78 is 11.1. The zero-order valence-electron chi connectivity index (χ0n) is 16.4. The molecule has 156 valence electrons. The highest BCUT2D eigenvalue weighted by Crippen LogP contribution is 2.38. The van der Waals surface area contributed by atoms with Gasteiger partial charge in [0.15, 0.2) is 0 Å². The number of furan rings is 1. The first kappa shape index (κ1) is 19.6. The van der Waals surface area contributed by atoms with E-state index in [-0.39, 0.29) is 12.6 Å². The van der Waals surface area contributed by atoms with Crippen molar-refractivity contribution in [2.75, 3.05) is 0 Å². The number of allylic oxidation sites excluding steroid dienone is 1. The molecule has 0 fully saturated rings. The number of benzene rings is 1. The first-order valence-corrected chi connectivity index (χ1v) is 10.8. The zero-order chi connectivity index (χ0) is 21.4. The largest absolute Gasteiger partial charge is 0.467 e. The Balaban J connectivity index is 1.60. The maximum Gasteiger partial charge on any atom is 0.322 e. The van der Waals surface area contributed by atoms with Crippen molar-refractivity contribution in [1.82, 2.24) is 20.4 Å². The summed E-state index contributed by atoms with van der Waals surface area (Å²) >= 11 is 7.60. The van der Waals surface area contributed by atoms with Crippen molar-refractivity contribution in [3.05, 3.63) is 88.1 Å². The van der Waals surface area contributed by atoms with Crippen LogP contribution in [-0.2, 0) is 6.54 Å². The molecule has 3 aromatic heterocycles. The Morgan fingerprint density at radius 2 is 2.03 bits per heavy atom. The van der Waals surface area contributed by atoms with Crippen LogP contribution in [0.2, 0.25) is 5.02 Å². The summed E-state index contributed by atoms with van der Waals surface area (Å²) in [6.07, 6.45) is 1.58. The lowest BCUT2D eigenvalue weighted by atomic mass is 9.94. The molecule has 1 N–H and O–H groups in total. The molecular formula is C22H17ClN4O3S. The maximum atomic E-state index is 13.0. The number of rotatable bonds is 5. The van der Waals surface area contributed by atoms with Gasteiger partial charge in [0, 0.05) is 10.7 Å². The molecule has 2 amide bonds. The van der Waals surface area contributed by atoms with Gasteiger partial charge in [0.1, 0.15) is 5.76 Å². The smallest absolute Gasteiger partial charge is 0.322 e. The molecule has 0 radical (unpaired) electrons. The minimum absolute atomic E-state index is 0.240. The van der Waals surface area contributed by atoms with E-state index in [2.05, 4.69) is 15.5 Å². The van der Waals surface area contributed by atoms with Gasteiger partial charge in [-0.05, 0) is 48.2 Å². The van der Waals surface area contributed by atoms with E-state index in [1.54, 1.807) is 29.4 Å². The first-order chi connectivity index (χ1) is 15.1. The Labute approximate surface area is 186 Å². The van der Waals surface area contributed by atoms with Gasteiger partial charge in [-0.2, -0.15) is 4.98 Å². The number of carbonyl (C=O) groups excluding carboxylic acids is 1. The van der Waals surface area contributed by atoms with Crippen molar-refractivity contribution >= 4 is 34.5 Å². The number of hydrogen-bond acceptors (Lipinski definition) is 6. The lowest BCUT2D eigenvalue weighted by Gasteiger charge is -2.34.